The largest absolute Gasteiger partial charge is 0.461 e. The van der Waals surface area contributed by atoms with E-state index in [1.165, 1.54) is 0 Å². The number of nitrogens with zero attached hydrogens (tertiary/aromatic N) is 1. The Kier molecular flexibility index (Phi) is 6.94. The molecule has 102 valence electrons. The van der Waals surface area contributed by atoms with Crippen molar-refractivity contribution in [3.63, 3.8) is 0 Å². The predicted octanol–water partition coefficient (Wildman–Crippen LogP) is 3.28. The first kappa shape index (κ1) is 14.9. The van der Waals surface area contributed by atoms with Crippen molar-refractivity contribution in [2.24, 2.45) is 5.34 Å². The van der Waals surface area contributed by atoms with E-state index in [4.69, 9.17) is 4.74 Å². The molecule has 0 atom stereocenters. The molecule has 5 nitrogen and oxygen atoms in total. The summed E-state index contributed by atoms with van der Waals surface area (Å²) in [6.07, 6.45) is 3.76. The summed E-state index contributed by atoms with van der Waals surface area (Å²) in [5.41, 5.74) is 1.72. The van der Waals surface area contributed by atoms with Crippen molar-refractivity contribution in [2.75, 3.05) is 0 Å². The Labute approximate surface area is 112 Å². The fourth-order valence-corrected chi connectivity index (χ4v) is 1.46. The number of hydrogen-bond donors (Lipinski definition) is 0. The summed E-state index contributed by atoms with van der Waals surface area (Å²) in [5.74, 6) is -0.209. The number of esters is 1. The highest BCUT2D eigenvalue weighted by Crippen LogP contribution is 2.08. The lowest BCUT2D eigenvalue weighted by atomic mass is 10.1. The van der Waals surface area contributed by atoms with E-state index in [2.05, 4.69) is 16.8 Å². The third kappa shape index (κ3) is 6.35. The maximum Gasteiger partial charge on any atom is 0.306 e. The molecule has 0 radical (unpaired) electrons. The molecule has 1 aromatic rings. The predicted molar refractivity (Wildman–Crippen MR) is 70.9 cm³/mol. The summed E-state index contributed by atoms with van der Waals surface area (Å²) in [6.45, 7) is 3.99. The molecule has 0 amide bonds. The van der Waals surface area contributed by atoms with Gasteiger partial charge < -0.3 is 9.57 Å². The summed E-state index contributed by atoms with van der Waals surface area (Å²) in [4.78, 5) is 25.6. The minimum Gasteiger partial charge on any atom is -0.461 e. The van der Waals surface area contributed by atoms with Crippen molar-refractivity contribution in [3.05, 3.63) is 53.0 Å². The first-order chi connectivity index (χ1) is 9.26. The molecule has 0 aliphatic carbocycles. The third-order valence-electron chi connectivity index (χ3n) is 2.50. The Morgan fingerprint density at radius 2 is 1.84 bits per heavy atom. The number of hydrogen-bond acceptors (Lipinski definition) is 5. The molecule has 1 rings (SSSR count). The van der Waals surface area contributed by atoms with Crippen LogP contribution in [0.5, 0.6) is 0 Å². The summed E-state index contributed by atoms with van der Waals surface area (Å²) in [7, 11) is 0. The van der Waals surface area contributed by atoms with Crippen LogP contribution in [0.3, 0.4) is 0 Å². The van der Waals surface area contributed by atoms with E-state index in [1.807, 2.05) is 12.1 Å². The second-order valence-electron chi connectivity index (χ2n) is 4.01. The van der Waals surface area contributed by atoms with Crippen LogP contribution < -0.4 is 0 Å². The highest BCUT2D eigenvalue weighted by Gasteiger charge is 2.03. The fraction of sp³-hybridized carbons (Fsp3) is 0.357. The Balaban J connectivity index is 2.30. The van der Waals surface area contributed by atoms with Crippen molar-refractivity contribution >= 4 is 5.97 Å². The smallest absolute Gasteiger partial charge is 0.306 e. The van der Waals surface area contributed by atoms with Crippen LogP contribution >= 0.6 is 0 Å². The van der Waals surface area contributed by atoms with Crippen molar-refractivity contribution < 1.29 is 14.4 Å². The summed E-state index contributed by atoms with van der Waals surface area (Å²) >= 11 is 0. The number of ether oxygens (including phenoxy) is 1. The standard InChI is InChI=1S/C14H17NO4/c1-2-3-4-5-14(16)18-10-12-6-8-13(9-7-12)11-19-15-17/h2,6-9H,1,3-5,10-11H2. The molecule has 0 spiro atoms. The number of rotatable bonds is 9. The average Bonchev–Trinajstić information content (AvgIpc) is 2.44. The second-order valence-corrected chi connectivity index (χ2v) is 4.01. The summed E-state index contributed by atoms with van der Waals surface area (Å²) < 4.78 is 5.12. The van der Waals surface area contributed by atoms with E-state index in [9.17, 15) is 9.70 Å². The summed E-state index contributed by atoms with van der Waals surface area (Å²) in [5, 5.41) is 2.32. The maximum atomic E-state index is 11.4. The molecule has 0 bridgehead atoms. The highest BCUT2D eigenvalue weighted by molar-refractivity contribution is 5.69. The normalized spacial score (nSPS) is 9.68. The van der Waals surface area contributed by atoms with Gasteiger partial charge in [0.2, 0.25) is 0 Å². The van der Waals surface area contributed by atoms with Gasteiger partial charge in [-0.05, 0) is 24.0 Å². The molecule has 0 N–H and O–H groups in total. The lowest BCUT2D eigenvalue weighted by molar-refractivity contribution is -0.145. The lowest BCUT2D eigenvalue weighted by Crippen LogP contribution is -2.04. The molecule has 0 heterocycles. The van der Waals surface area contributed by atoms with Crippen molar-refractivity contribution in [1.29, 1.82) is 0 Å². The van der Waals surface area contributed by atoms with Gasteiger partial charge in [-0.25, -0.2) is 0 Å². The number of unbranched alkanes of at least 4 members (excludes halogenated alkanes) is 1. The maximum absolute atomic E-state index is 11.4. The Morgan fingerprint density at radius 3 is 2.42 bits per heavy atom. The Hall–Kier alpha value is -2.17. The fourth-order valence-electron chi connectivity index (χ4n) is 1.46. The van der Waals surface area contributed by atoms with Crippen LogP contribution in [0.1, 0.15) is 30.4 Å². The monoisotopic (exact) mass is 263 g/mol. The number of benzene rings is 1. The van der Waals surface area contributed by atoms with Gasteiger partial charge in [-0.2, -0.15) is 0 Å². The van der Waals surface area contributed by atoms with Crippen molar-refractivity contribution in [2.45, 2.75) is 32.5 Å². The molecule has 0 aliphatic rings. The molecule has 0 fully saturated rings. The van der Waals surface area contributed by atoms with E-state index in [0.717, 1.165) is 24.0 Å². The van der Waals surface area contributed by atoms with Gasteiger partial charge in [-0.3, -0.25) is 4.79 Å². The van der Waals surface area contributed by atoms with Gasteiger partial charge in [-0.15, -0.1) is 11.5 Å². The molecule has 0 unspecified atom stereocenters. The van der Waals surface area contributed by atoms with E-state index in [1.54, 1.807) is 18.2 Å². The van der Waals surface area contributed by atoms with Crippen molar-refractivity contribution in [1.82, 2.24) is 0 Å². The number of carbonyl (C=O) groups excluding carboxylic acids is 1. The van der Waals surface area contributed by atoms with Crippen molar-refractivity contribution in [3.8, 4) is 0 Å². The molecule has 1 aromatic carbocycles. The zero-order chi connectivity index (χ0) is 13.9. The zero-order valence-electron chi connectivity index (χ0n) is 10.7. The average molecular weight is 263 g/mol. The van der Waals surface area contributed by atoms with Gasteiger partial charge in [0.25, 0.3) is 0 Å². The SMILES string of the molecule is C=CCCCC(=O)OCc1ccc(CON=O)cc1. The molecule has 5 heteroatoms. The van der Waals surface area contributed by atoms with Crippen LogP contribution in [0, 0.1) is 4.91 Å². The lowest BCUT2D eigenvalue weighted by Gasteiger charge is -2.05. The van der Waals surface area contributed by atoms with E-state index >= 15 is 0 Å². The Bertz CT molecular complexity index is 414. The molecule has 19 heavy (non-hydrogen) atoms. The van der Waals surface area contributed by atoms with Gasteiger partial charge in [-0.1, -0.05) is 30.3 Å². The van der Waals surface area contributed by atoms with Gasteiger partial charge in [0.15, 0.2) is 5.34 Å². The van der Waals surface area contributed by atoms with Crippen LogP contribution in [0.2, 0.25) is 0 Å². The van der Waals surface area contributed by atoms with Crippen LogP contribution in [0.25, 0.3) is 0 Å². The molecule has 0 saturated heterocycles. The van der Waals surface area contributed by atoms with E-state index in [0.29, 0.717) is 6.42 Å². The Morgan fingerprint density at radius 1 is 1.21 bits per heavy atom. The van der Waals surface area contributed by atoms with Crippen LogP contribution in [-0.2, 0) is 27.6 Å². The first-order valence-electron chi connectivity index (χ1n) is 6.05. The number of allylic oxidation sites excluding steroid dienone is 1. The number of carbonyl (C=O) groups is 1. The van der Waals surface area contributed by atoms with E-state index in [-0.39, 0.29) is 19.2 Å². The molecule has 0 saturated carbocycles. The first-order valence-corrected chi connectivity index (χ1v) is 6.05. The molecule has 0 aliphatic heterocycles. The quantitative estimate of drug-likeness (QED) is 0.225. The van der Waals surface area contributed by atoms with Gasteiger partial charge in [0.05, 0.1) is 0 Å². The third-order valence-corrected chi connectivity index (χ3v) is 2.50. The van der Waals surface area contributed by atoms with Gasteiger partial charge in [0, 0.05) is 6.42 Å². The summed E-state index contributed by atoms with van der Waals surface area (Å²) in [6, 6.07) is 7.24. The van der Waals surface area contributed by atoms with Crippen LogP contribution in [0.4, 0.5) is 0 Å². The van der Waals surface area contributed by atoms with Gasteiger partial charge in [0.1, 0.15) is 13.2 Å². The minimum atomic E-state index is -0.209. The van der Waals surface area contributed by atoms with Crippen LogP contribution in [-0.4, -0.2) is 5.97 Å². The molecular weight excluding hydrogens is 246 g/mol. The van der Waals surface area contributed by atoms with Crippen LogP contribution in [0.15, 0.2) is 42.3 Å². The second kappa shape index (κ2) is 8.85. The zero-order valence-corrected chi connectivity index (χ0v) is 10.7. The molecular formula is C14H17NO4. The van der Waals surface area contributed by atoms with E-state index < -0.39 is 0 Å². The topological polar surface area (TPSA) is 65.0 Å². The van der Waals surface area contributed by atoms with Gasteiger partial charge >= 0.3 is 5.97 Å². The highest BCUT2D eigenvalue weighted by atomic mass is 16.7. The molecule has 0 aromatic heterocycles. The minimum absolute atomic E-state index is 0.144.